The molecule has 3 aromatic carbocycles. The van der Waals surface area contributed by atoms with Crippen molar-refractivity contribution in [2.75, 3.05) is 27.4 Å². The van der Waals surface area contributed by atoms with E-state index in [2.05, 4.69) is 41.7 Å². The molecule has 0 aromatic heterocycles. The molecule has 1 unspecified atom stereocenters. The Bertz CT molecular complexity index is 919. The van der Waals surface area contributed by atoms with Gasteiger partial charge in [0, 0.05) is 26.3 Å². The first-order chi connectivity index (χ1) is 13.2. The quantitative estimate of drug-likeness (QED) is 0.625. The number of ether oxygens (including phenoxy) is 2. The number of hydrogen-bond acceptors (Lipinski definition) is 3. The summed E-state index contributed by atoms with van der Waals surface area (Å²) in [5, 5.41) is 4.90. The summed E-state index contributed by atoms with van der Waals surface area (Å²) < 4.78 is 10.4. The van der Waals surface area contributed by atoms with Crippen molar-refractivity contribution in [1.82, 2.24) is 5.32 Å². The molecule has 0 saturated carbocycles. The average molecular weight is 363 g/mol. The van der Waals surface area contributed by atoms with Crippen LogP contribution in [-0.2, 0) is 9.47 Å². The Labute approximate surface area is 160 Å². The molecule has 4 nitrogen and oxygen atoms in total. The van der Waals surface area contributed by atoms with Crippen molar-refractivity contribution in [2.24, 2.45) is 0 Å². The Morgan fingerprint density at radius 1 is 0.963 bits per heavy atom. The van der Waals surface area contributed by atoms with Crippen LogP contribution in [0.4, 0.5) is 0 Å². The Hall–Kier alpha value is -2.69. The molecular formula is C23H25NO3. The van der Waals surface area contributed by atoms with Gasteiger partial charge in [-0.15, -0.1) is 0 Å². The Balaban J connectivity index is 1.98. The lowest BCUT2D eigenvalue weighted by Crippen LogP contribution is -2.27. The number of benzene rings is 3. The number of fused-ring (bicyclic) bond motifs is 1. The number of carbonyl (C=O) groups is 1. The fraction of sp³-hybridized carbons (Fsp3) is 0.261. The summed E-state index contributed by atoms with van der Waals surface area (Å²) >= 11 is 0. The van der Waals surface area contributed by atoms with Gasteiger partial charge in [-0.25, -0.2) is 0 Å². The van der Waals surface area contributed by atoms with Gasteiger partial charge < -0.3 is 14.8 Å². The van der Waals surface area contributed by atoms with Gasteiger partial charge in [-0.2, -0.15) is 0 Å². The number of methoxy groups -OCH3 is 2. The summed E-state index contributed by atoms with van der Waals surface area (Å²) in [5.74, 6) is -0.0842. The molecule has 0 spiro atoms. The predicted octanol–water partition coefficient (Wildman–Crippen LogP) is 4.59. The van der Waals surface area contributed by atoms with E-state index in [0.717, 1.165) is 27.5 Å². The van der Waals surface area contributed by atoms with Crippen LogP contribution < -0.4 is 5.32 Å². The topological polar surface area (TPSA) is 47.6 Å². The summed E-state index contributed by atoms with van der Waals surface area (Å²) in [6.07, 6.45) is 0.0639. The van der Waals surface area contributed by atoms with E-state index in [9.17, 15) is 4.79 Å². The largest absolute Gasteiger partial charge is 0.383 e. The zero-order chi connectivity index (χ0) is 19.2. The standard InChI is InChI=1S/C23H25NO3/c1-16(27-3)17-10-12-18(13-11-17)19-6-4-8-21-20(19)7-5-9-22(21)23(25)24-14-15-26-2/h4-13,16H,14-15H2,1-3H3,(H,24,25). The highest BCUT2D eigenvalue weighted by atomic mass is 16.5. The zero-order valence-electron chi connectivity index (χ0n) is 16.0. The SMILES string of the molecule is COCCNC(=O)c1cccc2c(-c3ccc(C(C)OC)cc3)cccc12. The number of rotatable bonds is 7. The van der Waals surface area contributed by atoms with Gasteiger partial charge >= 0.3 is 0 Å². The van der Waals surface area contributed by atoms with E-state index in [1.165, 1.54) is 0 Å². The van der Waals surface area contributed by atoms with Crippen molar-refractivity contribution < 1.29 is 14.3 Å². The second-order valence-electron chi connectivity index (χ2n) is 6.45. The number of nitrogens with one attached hydrogen (secondary N) is 1. The highest BCUT2D eigenvalue weighted by Gasteiger charge is 2.12. The van der Waals surface area contributed by atoms with Crippen LogP contribution in [0.1, 0.15) is 28.9 Å². The van der Waals surface area contributed by atoms with Crippen molar-refractivity contribution in [3.8, 4) is 11.1 Å². The fourth-order valence-electron chi connectivity index (χ4n) is 3.19. The molecular weight excluding hydrogens is 338 g/mol. The van der Waals surface area contributed by atoms with Gasteiger partial charge in [0.25, 0.3) is 5.91 Å². The average Bonchev–Trinajstić information content (AvgIpc) is 2.72. The third-order valence-electron chi connectivity index (χ3n) is 4.80. The van der Waals surface area contributed by atoms with Gasteiger partial charge in [0.05, 0.1) is 12.7 Å². The molecule has 3 aromatic rings. The lowest BCUT2D eigenvalue weighted by Gasteiger charge is -2.13. The molecule has 0 saturated heterocycles. The summed E-state index contributed by atoms with van der Waals surface area (Å²) in [6, 6.07) is 20.3. The Morgan fingerprint density at radius 2 is 1.67 bits per heavy atom. The number of hydrogen-bond donors (Lipinski definition) is 1. The molecule has 1 N–H and O–H groups in total. The van der Waals surface area contributed by atoms with E-state index in [0.29, 0.717) is 18.7 Å². The Morgan fingerprint density at radius 3 is 2.37 bits per heavy atom. The number of carbonyl (C=O) groups excluding carboxylic acids is 1. The van der Waals surface area contributed by atoms with Gasteiger partial charge in [0.2, 0.25) is 0 Å². The van der Waals surface area contributed by atoms with Crippen LogP contribution in [0.25, 0.3) is 21.9 Å². The zero-order valence-corrected chi connectivity index (χ0v) is 16.0. The summed E-state index contributed by atoms with van der Waals surface area (Å²) in [5.41, 5.74) is 4.04. The van der Waals surface area contributed by atoms with E-state index < -0.39 is 0 Å². The maximum atomic E-state index is 12.6. The Kier molecular flexibility index (Phi) is 6.22. The molecule has 0 aliphatic rings. The second-order valence-corrected chi connectivity index (χ2v) is 6.45. The summed E-state index contributed by atoms with van der Waals surface area (Å²) in [4.78, 5) is 12.6. The van der Waals surface area contributed by atoms with E-state index in [4.69, 9.17) is 9.47 Å². The van der Waals surface area contributed by atoms with Gasteiger partial charge in [-0.05, 0) is 40.5 Å². The van der Waals surface area contributed by atoms with Gasteiger partial charge in [0.15, 0.2) is 0 Å². The molecule has 1 amide bonds. The molecule has 27 heavy (non-hydrogen) atoms. The van der Waals surface area contributed by atoms with E-state index in [1.54, 1.807) is 14.2 Å². The van der Waals surface area contributed by atoms with Crippen molar-refractivity contribution in [3.63, 3.8) is 0 Å². The molecule has 0 fully saturated rings. The van der Waals surface area contributed by atoms with Crippen molar-refractivity contribution in [1.29, 1.82) is 0 Å². The monoisotopic (exact) mass is 363 g/mol. The van der Waals surface area contributed by atoms with Crippen molar-refractivity contribution >= 4 is 16.7 Å². The van der Waals surface area contributed by atoms with Crippen LogP contribution in [0.2, 0.25) is 0 Å². The first-order valence-electron chi connectivity index (χ1n) is 9.07. The lowest BCUT2D eigenvalue weighted by atomic mass is 9.94. The van der Waals surface area contributed by atoms with Crippen LogP contribution in [0, 0.1) is 0 Å². The normalized spacial score (nSPS) is 12.1. The predicted molar refractivity (Wildman–Crippen MR) is 109 cm³/mol. The van der Waals surface area contributed by atoms with Crippen LogP contribution in [-0.4, -0.2) is 33.3 Å². The number of amides is 1. The second kappa shape index (κ2) is 8.80. The molecule has 140 valence electrons. The summed E-state index contributed by atoms with van der Waals surface area (Å²) in [6.45, 7) is 3.01. The van der Waals surface area contributed by atoms with E-state index >= 15 is 0 Å². The van der Waals surface area contributed by atoms with Crippen LogP contribution in [0.3, 0.4) is 0 Å². The maximum Gasteiger partial charge on any atom is 0.251 e. The highest BCUT2D eigenvalue weighted by molar-refractivity contribution is 6.10. The molecule has 1 atom stereocenters. The van der Waals surface area contributed by atoms with Gasteiger partial charge in [-0.1, -0.05) is 54.6 Å². The maximum absolute atomic E-state index is 12.6. The molecule has 3 rings (SSSR count). The first-order valence-corrected chi connectivity index (χ1v) is 9.07. The third-order valence-corrected chi connectivity index (χ3v) is 4.80. The molecule has 0 radical (unpaired) electrons. The van der Waals surface area contributed by atoms with Crippen molar-refractivity contribution in [3.05, 3.63) is 71.8 Å². The van der Waals surface area contributed by atoms with Crippen LogP contribution in [0.15, 0.2) is 60.7 Å². The third kappa shape index (κ3) is 4.18. The lowest BCUT2D eigenvalue weighted by molar-refractivity contribution is 0.0938. The molecule has 0 aliphatic heterocycles. The fourth-order valence-corrected chi connectivity index (χ4v) is 3.19. The molecule has 0 aliphatic carbocycles. The highest BCUT2D eigenvalue weighted by Crippen LogP contribution is 2.31. The van der Waals surface area contributed by atoms with Crippen LogP contribution in [0.5, 0.6) is 0 Å². The van der Waals surface area contributed by atoms with Crippen LogP contribution >= 0.6 is 0 Å². The minimum absolute atomic E-state index is 0.0639. The van der Waals surface area contributed by atoms with E-state index in [-0.39, 0.29) is 12.0 Å². The van der Waals surface area contributed by atoms with E-state index in [1.807, 2.05) is 31.2 Å². The molecule has 4 heteroatoms. The van der Waals surface area contributed by atoms with Gasteiger partial charge in [-0.3, -0.25) is 4.79 Å². The first kappa shape index (κ1) is 19.1. The minimum atomic E-state index is -0.0842. The van der Waals surface area contributed by atoms with Crippen molar-refractivity contribution in [2.45, 2.75) is 13.0 Å². The van der Waals surface area contributed by atoms with Gasteiger partial charge in [0.1, 0.15) is 0 Å². The molecule has 0 bridgehead atoms. The summed E-state index contributed by atoms with van der Waals surface area (Å²) in [7, 11) is 3.33. The smallest absolute Gasteiger partial charge is 0.251 e. The minimum Gasteiger partial charge on any atom is -0.383 e. The molecule has 0 heterocycles.